The summed E-state index contributed by atoms with van der Waals surface area (Å²) in [5.74, 6) is -1.51. The van der Waals surface area contributed by atoms with Crippen molar-refractivity contribution in [1.82, 2.24) is 0 Å². The molecule has 0 heterocycles. The molecule has 1 amide bonds. The first-order valence-corrected chi connectivity index (χ1v) is 12.9. The summed E-state index contributed by atoms with van der Waals surface area (Å²) in [5, 5.41) is 29.7. The van der Waals surface area contributed by atoms with E-state index in [9.17, 15) is 22.6 Å². The number of amides is 1. The van der Waals surface area contributed by atoms with E-state index in [0.29, 0.717) is 10.6 Å². The number of carbonyl (C=O) groups excluding carboxylic acids is 2. The van der Waals surface area contributed by atoms with Crippen LogP contribution in [0.2, 0.25) is 5.02 Å². The van der Waals surface area contributed by atoms with Crippen LogP contribution in [-0.4, -0.2) is 36.0 Å². The van der Waals surface area contributed by atoms with Gasteiger partial charge in [-0.1, -0.05) is 28.8 Å². The van der Waals surface area contributed by atoms with Gasteiger partial charge in [0.2, 0.25) is 6.04 Å². The lowest BCUT2D eigenvalue weighted by Gasteiger charge is -2.10. The van der Waals surface area contributed by atoms with E-state index in [-0.39, 0.29) is 22.1 Å². The summed E-state index contributed by atoms with van der Waals surface area (Å²) < 4.78 is 37.9. The SMILES string of the molecule is CC(=O)C(N=Nc1ccc(N=Nc2ccc(SOOO)cc2)cc1S(=O)(=O)O)C(=O)Nc1ccccc1Cl. The number of nitrogens with zero attached hydrogens (tertiary/aromatic N) is 4. The predicted molar refractivity (Wildman–Crippen MR) is 137 cm³/mol. The molecule has 0 aromatic heterocycles. The highest BCUT2D eigenvalue weighted by molar-refractivity contribution is 7.94. The van der Waals surface area contributed by atoms with Gasteiger partial charge in [0, 0.05) is 4.90 Å². The van der Waals surface area contributed by atoms with Crippen LogP contribution < -0.4 is 5.32 Å². The van der Waals surface area contributed by atoms with Crippen LogP contribution >= 0.6 is 23.6 Å². The first-order chi connectivity index (χ1) is 18.1. The predicted octanol–water partition coefficient (Wildman–Crippen LogP) is 6.11. The van der Waals surface area contributed by atoms with Crippen molar-refractivity contribution in [3.05, 3.63) is 71.8 Å². The molecule has 38 heavy (non-hydrogen) atoms. The Morgan fingerprint density at radius 1 is 1.00 bits per heavy atom. The van der Waals surface area contributed by atoms with Crippen LogP contribution in [0.3, 0.4) is 0 Å². The average Bonchev–Trinajstić information content (AvgIpc) is 2.88. The second-order valence-electron chi connectivity index (χ2n) is 7.24. The number of hydrogen-bond donors (Lipinski definition) is 3. The maximum absolute atomic E-state index is 12.6. The van der Waals surface area contributed by atoms with Gasteiger partial charge in [0.15, 0.2) is 5.78 Å². The zero-order valence-electron chi connectivity index (χ0n) is 19.3. The lowest BCUT2D eigenvalue weighted by molar-refractivity contribution is -0.432. The summed E-state index contributed by atoms with van der Waals surface area (Å²) in [6.07, 6.45) is 0. The number of Topliss-reactive ketones (excluding diaryl/α,β-unsaturated/α-hetero) is 1. The van der Waals surface area contributed by atoms with Crippen molar-refractivity contribution < 1.29 is 37.2 Å². The Labute approximate surface area is 225 Å². The molecule has 1 atom stereocenters. The maximum Gasteiger partial charge on any atom is 0.296 e. The highest BCUT2D eigenvalue weighted by atomic mass is 35.5. The third kappa shape index (κ3) is 8.22. The van der Waals surface area contributed by atoms with Gasteiger partial charge in [-0.2, -0.15) is 28.9 Å². The molecule has 3 rings (SSSR count). The number of carbonyl (C=O) groups is 2. The molecule has 0 radical (unpaired) electrons. The van der Waals surface area contributed by atoms with Crippen LogP contribution in [0.4, 0.5) is 22.7 Å². The van der Waals surface area contributed by atoms with Gasteiger partial charge < -0.3 is 5.32 Å². The van der Waals surface area contributed by atoms with Crippen LogP contribution in [0.15, 0.2) is 97.0 Å². The Morgan fingerprint density at radius 3 is 2.29 bits per heavy atom. The van der Waals surface area contributed by atoms with E-state index in [1.54, 1.807) is 36.4 Å². The van der Waals surface area contributed by atoms with E-state index < -0.39 is 32.7 Å². The van der Waals surface area contributed by atoms with Crippen molar-refractivity contribution >= 4 is 68.2 Å². The number of para-hydroxylation sites is 1. The van der Waals surface area contributed by atoms with Gasteiger partial charge in [0.05, 0.1) is 34.1 Å². The van der Waals surface area contributed by atoms with Crippen molar-refractivity contribution in [1.29, 1.82) is 0 Å². The van der Waals surface area contributed by atoms with Crippen molar-refractivity contribution in [3.8, 4) is 0 Å². The van der Waals surface area contributed by atoms with E-state index in [0.717, 1.165) is 25.0 Å². The zero-order chi connectivity index (χ0) is 27.7. The highest BCUT2D eigenvalue weighted by Crippen LogP contribution is 2.31. The van der Waals surface area contributed by atoms with Crippen molar-refractivity contribution in [2.75, 3.05) is 5.32 Å². The van der Waals surface area contributed by atoms with E-state index in [4.69, 9.17) is 16.9 Å². The van der Waals surface area contributed by atoms with E-state index in [2.05, 4.69) is 35.1 Å². The molecule has 0 aliphatic rings. The summed E-state index contributed by atoms with van der Waals surface area (Å²) in [6.45, 7) is 1.11. The second kappa shape index (κ2) is 13.3. The number of hydrogen-bond acceptors (Lipinski definition) is 12. The van der Waals surface area contributed by atoms with Crippen LogP contribution in [0.25, 0.3) is 0 Å². The van der Waals surface area contributed by atoms with Gasteiger partial charge in [-0.3, -0.25) is 14.1 Å². The monoisotopic (exact) mass is 579 g/mol. The molecule has 0 fully saturated rings. The molecule has 3 aromatic carbocycles. The number of halogens is 1. The lowest BCUT2D eigenvalue weighted by Crippen LogP contribution is -2.31. The van der Waals surface area contributed by atoms with Crippen LogP contribution in [0.1, 0.15) is 6.92 Å². The van der Waals surface area contributed by atoms with Gasteiger partial charge in [-0.25, -0.2) is 5.26 Å². The van der Waals surface area contributed by atoms with Crippen LogP contribution in [-0.2, 0) is 29.1 Å². The molecular formula is C22H18ClN5O8S2. The van der Waals surface area contributed by atoms with E-state index in [1.165, 1.54) is 24.3 Å². The Kier molecular flexibility index (Phi) is 10.1. The third-order valence-corrected chi connectivity index (χ3v) is 6.35. The smallest absolute Gasteiger partial charge is 0.296 e. The van der Waals surface area contributed by atoms with Gasteiger partial charge >= 0.3 is 0 Å². The summed E-state index contributed by atoms with van der Waals surface area (Å²) in [6, 6.07) is 14.6. The second-order valence-corrected chi connectivity index (χ2v) is 9.82. The summed E-state index contributed by atoms with van der Waals surface area (Å²) in [5.41, 5.74) is 0.350. The number of rotatable bonds is 11. The standard InChI is InChI=1S/C22H18ClN5O8S2/c1-13(29)21(22(30)24-18-5-3-2-4-17(18)23)28-27-19-11-8-15(12-20(19)38(32,33)34)26-25-14-6-9-16(10-7-14)37-36-35-31/h2-12,21,31H,1H3,(H,24,30)(H,32,33,34). The first kappa shape index (κ1) is 29.0. The summed E-state index contributed by atoms with van der Waals surface area (Å²) >= 11 is 6.77. The largest absolute Gasteiger partial charge is 0.322 e. The fraction of sp³-hybridized carbons (Fsp3) is 0.0909. The van der Waals surface area contributed by atoms with Crippen molar-refractivity contribution in [2.24, 2.45) is 20.5 Å². The highest BCUT2D eigenvalue weighted by Gasteiger charge is 2.24. The van der Waals surface area contributed by atoms with Gasteiger partial charge in [0.1, 0.15) is 10.6 Å². The molecule has 198 valence electrons. The van der Waals surface area contributed by atoms with Gasteiger partial charge in [0.25, 0.3) is 16.0 Å². The van der Waals surface area contributed by atoms with E-state index >= 15 is 0 Å². The summed E-state index contributed by atoms with van der Waals surface area (Å²) in [4.78, 5) is 24.6. The quantitative estimate of drug-likeness (QED) is 0.0600. The van der Waals surface area contributed by atoms with Crippen molar-refractivity contribution in [3.63, 3.8) is 0 Å². The molecule has 0 saturated carbocycles. The molecule has 13 nitrogen and oxygen atoms in total. The third-order valence-electron chi connectivity index (χ3n) is 4.55. The Bertz CT molecular complexity index is 1480. The Balaban J connectivity index is 1.83. The maximum atomic E-state index is 12.6. The minimum absolute atomic E-state index is 0.0478. The molecular weight excluding hydrogens is 562 g/mol. The van der Waals surface area contributed by atoms with Crippen LogP contribution in [0, 0.1) is 0 Å². The number of ketones is 1. The van der Waals surface area contributed by atoms with Crippen molar-refractivity contribution in [2.45, 2.75) is 22.8 Å². The molecule has 3 N–H and O–H groups in total. The molecule has 0 bridgehead atoms. The number of benzene rings is 3. The van der Waals surface area contributed by atoms with E-state index in [1.807, 2.05) is 0 Å². The first-order valence-electron chi connectivity index (χ1n) is 10.3. The summed E-state index contributed by atoms with van der Waals surface area (Å²) in [7, 11) is -4.80. The minimum atomic E-state index is -4.80. The molecule has 0 aliphatic heterocycles. The average molecular weight is 580 g/mol. The number of nitrogens with one attached hydrogen (secondary N) is 1. The molecule has 1 unspecified atom stereocenters. The topological polar surface area (TPSA) is 189 Å². The number of anilines is 1. The molecule has 16 heteroatoms. The Hall–Kier alpha value is -3.57. The van der Waals surface area contributed by atoms with Gasteiger partial charge in [-0.15, -0.1) is 4.33 Å². The minimum Gasteiger partial charge on any atom is -0.322 e. The van der Waals surface area contributed by atoms with Gasteiger partial charge in [-0.05, 0) is 61.5 Å². The molecule has 0 saturated heterocycles. The zero-order valence-corrected chi connectivity index (χ0v) is 21.6. The number of azo groups is 2. The molecule has 0 spiro atoms. The van der Waals surface area contributed by atoms with Crippen LogP contribution in [0.5, 0.6) is 0 Å². The molecule has 0 aliphatic carbocycles. The fourth-order valence-electron chi connectivity index (χ4n) is 2.79. The fourth-order valence-corrected chi connectivity index (χ4v) is 3.98. The molecule has 3 aromatic rings. The lowest BCUT2D eigenvalue weighted by atomic mass is 10.2. The Morgan fingerprint density at radius 2 is 1.66 bits per heavy atom. The normalized spacial score (nSPS) is 12.6.